The molecule has 3 N–H and O–H groups in total. The van der Waals surface area contributed by atoms with Crippen LogP contribution in [-0.4, -0.2) is 43.7 Å². The zero-order valence-electron chi connectivity index (χ0n) is 16.0. The molecule has 0 aliphatic carbocycles. The summed E-state index contributed by atoms with van der Waals surface area (Å²) in [5.74, 6) is 0.980. The molecule has 7 nitrogen and oxygen atoms in total. The topological polar surface area (TPSA) is 78.5 Å². The number of ether oxygens (including phenoxy) is 1. The number of nitrogens with one attached hydrogen (secondary N) is 3. The zero-order valence-corrected chi connectivity index (χ0v) is 16.0. The molecule has 2 fully saturated rings. The molecular formula is C20H24FN5O2. The van der Waals surface area contributed by atoms with E-state index in [-0.39, 0.29) is 5.91 Å². The zero-order chi connectivity index (χ0) is 19.7. The molecule has 1 amide bonds. The minimum absolute atomic E-state index is 0.0629. The normalized spacial score (nSPS) is 20.0. The van der Waals surface area contributed by atoms with Gasteiger partial charge in [-0.1, -0.05) is 6.07 Å². The van der Waals surface area contributed by atoms with Gasteiger partial charge in [0.1, 0.15) is 23.4 Å². The van der Waals surface area contributed by atoms with E-state index in [1.165, 1.54) is 24.8 Å². The van der Waals surface area contributed by atoms with Crippen LogP contribution < -0.4 is 25.8 Å². The number of amides is 1. The molecule has 2 aliphatic heterocycles. The fraction of sp³-hybridized carbons (Fsp3) is 0.400. The summed E-state index contributed by atoms with van der Waals surface area (Å²) >= 11 is 0. The van der Waals surface area contributed by atoms with Gasteiger partial charge in [0, 0.05) is 49.1 Å². The van der Waals surface area contributed by atoms with Crippen LogP contribution >= 0.6 is 0 Å². The summed E-state index contributed by atoms with van der Waals surface area (Å²) in [7, 11) is 1.48. The highest BCUT2D eigenvalue weighted by Gasteiger charge is 2.33. The van der Waals surface area contributed by atoms with E-state index in [0.29, 0.717) is 36.1 Å². The Morgan fingerprint density at radius 1 is 1.25 bits per heavy atom. The predicted octanol–water partition coefficient (Wildman–Crippen LogP) is 1.95. The highest BCUT2D eigenvalue weighted by atomic mass is 19.1. The van der Waals surface area contributed by atoms with Crippen molar-refractivity contribution in [1.82, 2.24) is 15.8 Å². The molecule has 1 unspecified atom stereocenters. The standard InChI is InChI=1S/C20H24FN5O2/c1-12-17(13-10-22-23-11-13)3-4-19(24-12)26-6-5-18(20(26)27)25-15-7-14(21)8-16(9-15)28-2/h3-4,7-9,13,18,22-23,25H,5-6,10-11H2,1-2H3. The molecule has 3 heterocycles. The van der Waals surface area contributed by atoms with Gasteiger partial charge in [-0.3, -0.25) is 20.5 Å². The smallest absolute Gasteiger partial charge is 0.250 e. The SMILES string of the molecule is COc1cc(F)cc(NC2CCN(c3ccc(C4CNNC4)c(C)n3)C2=O)c1. The molecule has 28 heavy (non-hydrogen) atoms. The Labute approximate surface area is 163 Å². The van der Waals surface area contributed by atoms with Gasteiger partial charge in [-0.05, 0) is 31.0 Å². The first-order chi connectivity index (χ1) is 13.5. The van der Waals surface area contributed by atoms with E-state index in [0.717, 1.165) is 18.8 Å². The Balaban J connectivity index is 1.48. The first-order valence-corrected chi connectivity index (χ1v) is 9.41. The number of aromatic nitrogens is 1. The van der Waals surface area contributed by atoms with Crippen molar-refractivity contribution in [3.63, 3.8) is 0 Å². The molecule has 0 bridgehead atoms. The average molecular weight is 385 g/mol. The lowest BCUT2D eigenvalue weighted by Gasteiger charge is -2.19. The maximum absolute atomic E-state index is 13.7. The quantitative estimate of drug-likeness (QED) is 0.730. The van der Waals surface area contributed by atoms with Crippen LogP contribution in [0.5, 0.6) is 5.75 Å². The lowest BCUT2D eigenvalue weighted by Crippen LogP contribution is -2.34. The molecule has 1 aromatic heterocycles. The number of anilines is 2. The molecule has 0 saturated carbocycles. The van der Waals surface area contributed by atoms with E-state index in [1.54, 1.807) is 11.0 Å². The van der Waals surface area contributed by atoms with Gasteiger partial charge < -0.3 is 10.1 Å². The van der Waals surface area contributed by atoms with E-state index in [9.17, 15) is 9.18 Å². The number of nitrogens with zero attached hydrogens (tertiary/aromatic N) is 2. The van der Waals surface area contributed by atoms with Crippen LogP contribution in [0.4, 0.5) is 15.9 Å². The fourth-order valence-electron chi connectivity index (χ4n) is 3.83. The van der Waals surface area contributed by atoms with Gasteiger partial charge in [-0.15, -0.1) is 0 Å². The van der Waals surface area contributed by atoms with Crippen LogP contribution in [0.25, 0.3) is 0 Å². The summed E-state index contributed by atoms with van der Waals surface area (Å²) in [5.41, 5.74) is 8.91. The fourth-order valence-corrected chi connectivity index (χ4v) is 3.83. The third kappa shape index (κ3) is 3.65. The number of hydrogen-bond acceptors (Lipinski definition) is 6. The molecule has 0 spiro atoms. The van der Waals surface area contributed by atoms with E-state index < -0.39 is 11.9 Å². The molecule has 8 heteroatoms. The van der Waals surface area contributed by atoms with Gasteiger partial charge in [-0.2, -0.15) is 0 Å². The molecule has 1 atom stereocenters. The van der Waals surface area contributed by atoms with Crippen molar-refractivity contribution in [1.29, 1.82) is 0 Å². The van der Waals surface area contributed by atoms with Crippen LogP contribution in [-0.2, 0) is 4.79 Å². The third-order valence-corrected chi connectivity index (χ3v) is 5.30. The molecule has 2 aliphatic rings. The van der Waals surface area contributed by atoms with Gasteiger partial charge in [0.15, 0.2) is 0 Å². The number of halogens is 1. The van der Waals surface area contributed by atoms with Gasteiger partial charge in [0.25, 0.3) is 5.91 Å². The largest absolute Gasteiger partial charge is 0.497 e. The molecular weight excluding hydrogens is 361 g/mol. The van der Waals surface area contributed by atoms with Gasteiger partial charge >= 0.3 is 0 Å². The van der Waals surface area contributed by atoms with Crippen molar-refractivity contribution >= 4 is 17.4 Å². The molecule has 2 aromatic rings. The molecule has 148 valence electrons. The van der Waals surface area contributed by atoms with Gasteiger partial charge in [0.05, 0.1) is 7.11 Å². The Morgan fingerprint density at radius 2 is 2.04 bits per heavy atom. The van der Waals surface area contributed by atoms with Crippen molar-refractivity contribution in [3.8, 4) is 5.75 Å². The summed E-state index contributed by atoms with van der Waals surface area (Å²) in [5, 5.41) is 3.12. The molecule has 4 rings (SSSR count). The van der Waals surface area contributed by atoms with Crippen molar-refractivity contribution < 1.29 is 13.9 Å². The lowest BCUT2D eigenvalue weighted by molar-refractivity contribution is -0.117. The van der Waals surface area contributed by atoms with Crippen LogP contribution in [0.3, 0.4) is 0 Å². The number of aryl methyl sites for hydroxylation is 1. The van der Waals surface area contributed by atoms with Crippen molar-refractivity contribution in [2.45, 2.75) is 25.3 Å². The van der Waals surface area contributed by atoms with Crippen molar-refractivity contribution in [3.05, 3.63) is 47.4 Å². The van der Waals surface area contributed by atoms with Crippen LogP contribution in [0.15, 0.2) is 30.3 Å². The third-order valence-electron chi connectivity index (χ3n) is 5.30. The second-order valence-electron chi connectivity index (χ2n) is 7.16. The molecule has 1 aromatic carbocycles. The monoisotopic (exact) mass is 385 g/mol. The predicted molar refractivity (Wildman–Crippen MR) is 105 cm³/mol. The number of carbonyl (C=O) groups excluding carboxylic acids is 1. The Bertz CT molecular complexity index is 885. The van der Waals surface area contributed by atoms with Gasteiger partial charge in [-0.25, -0.2) is 9.37 Å². The second-order valence-corrected chi connectivity index (χ2v) is 7.16. The Hall–Kier alpha value is -2.71. The highest BCUT2D eigenvalue weighted by Crippen LogP contribution is 2.27. The number of carbonyl (C=O) groups is 1. The van der Waals surface area contributed by atoms with Crippen LogP contribution in [0.2, 0.25) is 0 Å². The van der Waals surface area contributed by atoms with Crippen molar-refractivity contribution in [2.75, 3.05) is 37.0 Å². The lowest BCUT2D eigenvalue weighted by atomic mass is 9.99. The second kappa shape index (κ2) is 7.73. The summed E-state index contributed by atoms with van der Waals surface area (Å²) in [6, 6.07) is 7.89. The molecule has 2 saturated heterocycles. The Kier molecular flexibility index (Phi) is 5.15. The van der Waals surface area contributed by atoms with E-state index in [1.807, 2.05) is 13.0 Å². The Morgan fingerprint density at radius 3 is 2.75 bits per heavy atom. The minimum Gasteiger partial charge on any atom is -0.497 e. The highest BCUT2D eigenvalue weighted by molar-refractivity contribution is 6.00. The number of methoxy groups -OCH3 is 1. The summed E-state index contributed by atoms with van der Waals surface area (Å²) in [6.45, 7) is 4.29. The average Bonchev–Trinajstić information content (AvgIpc) is 3.32. The maximum atomic E-state index is 13.7. The van der Waals surface area contributed by atoms with Gasteiger partial charge in [0.2, 0.25) is 0 Å². The first kappa shape index (κ1) is 18.6. The summed E-state index contributed by atoms with van der Waals surface area (Å²) in [6.07, 6.45) is 0.622. The summed E-state index contributed by atoms with van der Waals surface area (Å²) in [4.78, 5) is 19.2. The van der Waals surface area contributed by atoms with Crippen LogP contribution in [0, 0.1) is 12.7 Å². The summed E-state index contributed by atoms with van der Waals surface area (Å²) < 4.78 is 18.8. The van der Waals surface area contributed by atoms with E-state index >= 15 is 0 Å². The number of hydrogen-bond donors (Lipinski definition) is 3. The van der Waals surface area contributed by atoms with E-state index in [2.05, 4.69) is 27.2 Å². The number of rotatable bonds is 5. The van der Waals surface area contributed by atoms with Crippen LogP contribution in [0.1, 0.15) is 23.6 Å². The maximum Gasteiger partial charge on any atom is 0.250 e. The van der Waals surface area contributed by atoms with E-state index in [4.69, 9.17) is 4.74 Å². The minimum atomic E-state index is -0.420. The molecule has 0 radical (unpaired) electrons. The first-order valence-electron chi connectivity index (χ1n) is 9.41. The number of benzene rings is 1. The number of pyridine rings is 1. The van der Waals surface area contributed by atoms with Crippen molar-refractivity contribution in [2.24, 2.45) is 0 Å². The number of hydrazine groups is 1.